The molecule has 0 spiro atoms. The maximum absolute atomic E-state index is 13.7. The maximum Gasteiger partial charge on any atom is 0.243 e. The number of halogens is 4. The molecule has 0 saturated heterocycles. The predicted molar refractivity (Wildman–Crippen MR) is 122 cm³/mol. The number of guanidine groups is 1. The van der Waals surface area contributed by atoms with E-state index in [0.717, 1.165) is 31.4 Å². The van der Waals surface area contributed by atoms with E-state index in [1.807, 2.05) is 6.92 Å². The predicted octanol–water partition coefficient (Wildman–Crippen LogP) is 3.81. The van der Waals surface area contributed by atoms with E-state index in [2.05, 4.69) is 20.9 Å². The lowest BCUT2D eigenvalue weighted by molar-refractivity contribution is -0.115. The fourth-order valence-corrected chi connectivity index (χ4v) is 3.55. The fourth-order valence-electron chi connectivity index (χ4n) is 3.55. The molecule has 6 nitrogen and oxygen atoms in total. The van der Waals surface area contributed by atoms with Crippen molar-refractivity contribution >= 4 is 41.5 Å². The number of benzene rings is 1. The van der Waals surface area contributed by atoms with Gasteiger partial charge in [0.15, 0.2) is 23.4 Å². The monoisotopic (exact) mass is 542 g/mol. The second kappa shape index (κ2) is 13.0. The Bertz CT molecular complexity index is 728. The number of aliphatic imine (C=N–C) groups is 1. The molecule has 0 bridgehead atoms. The molecule has 1 saturated carbocycles. The lowest BCUT2D eigenvalue weighted by Gasteiger charge is -2.30. The van der Waals surface area contributed by atoms with Gasteiger partial charge in [-0.1, -0.05) is 12.8 Å². The Balaban J connectivity index is 0.00000450. The van der Waals surface area contributed by atoms with Gasteiger partial charge in [0.2, 0.25) is 5.91 Å². The summed E-state index contributed by atoms with van der Waals surface area (Å²) >= 11 is 0. The van der Waals surface area contributed by atoms with Gasteiger partial charge in [0.1, 0.15) is 0 Å². The van der Waals surface area contributed by atoms with E-state index >= 15 is 0 Å². The van der Waals surface area contributed by atoms with E-state index in [0.29, 0.717) is 25.7 Å². The molecule has 1 fully saturated rings. The summed E-state index contributed by atoms with van der Waals surface area (Å²) in [5, 5.41) is 8.31. The van der Waals surface area contributed by atoms with E-state index in [-0.39, 0.29) is 35.9 Å². The van der Waals surface area contributed by atoms with Crippen LogP contribution in [0.15, 0.2) is 17.1 Å². The van der Waals surface area contributed by atoms with Crippen LogP contribution in [0.5, 0.6) is 0 Å². The Morgan fingerprint density at radius 3 is 2.50 bits per heavy atom. The third kappa shape index (κ3) is 7.60. The van der Waals surface area contributed by atoms with Gasteiger partial charge in [-0.2, -0.15) is 0 Å². The zero-order chi connectivity index (χ0) is 21.3. The van der Waals surface area contributed by atoms with Crippen molar-refractivity contribution in [2.75, 3.05) is 38.7 Å². The van der Waals surface area contributed by atoms with Gasteiger partial charge >= 0.3 is 0 Å². The van der Waals surface area contributed by atoms with Crippen LogP contribution in [-0.4, -0.2) is 45.2 Å². The highest BCUT2D eigenvalue weighted by atomic mass is 127. The number of nitrogens with one attached hydrogen (secondary N) is 3. The number of carbonyl (C=O) groups is 1. The summed E-state index contributed by atoms with van der Waals surface area (Å²) in [5.74, 6) is -4.53. The van der Waals surface area contributed by atoms with Crippen LogP contribution in [0.25, 0.3) is 0 Å². The third-order valence-electron chi connectivity index (χ3n) is 5.23. The minimum Gasteiger partial charge on any atom is -0.382 e. The Morgan fingerprint density at radius 1 is 1.17 bits per heavy atom. The number of hydrogen-bond acceptors (Lipinski definition) is 3. The van der Waals surface area contributed by atoms with Gasteiger partial charge in [-0.25, -0.2) is 13.2 Å². The summed E-state index contributed by atoms with van der Waals surface area (Å²) < 4.78 is 45.4. The van der Waals surface area contributed by atoms with Crippen LogP contribution in [-0.2, 0) is 9.53 Å². The van der Waals surface area contributed by atoms with Gasteiger partial charge in [-0.05, 0) is 43.7 Å². The molecule has 10 heteroatoms. The molecule has 1 aliphatic rings. The summed E-state index contributed by atoms with van der Waals surface area (Å²) in [5.41, 5.74) is -0.274. The molecule has 30 heavy (non-hydrogen) atoms. The molecule has 0 aliphatic heterocycles. The van der Waals surface area contributed by atoms with Crippen molar-refractivity contribution in [2.24, 2.45) is 10.4 Å². The van der Waals surface area contributed by atoms with E-state index in [1.54, 1.807) is 7.05 Å². The van der Waals surface area contributed by atoms with Crippen LogP contribution < -0.4 is 16.0 Å². The highest BCUT2D eigenvalue weighted by molar-refractivity contribution is 14.0. The molecule has 0 heterocycles. The average molecular weight is 542 g/mol. The molecule has 0 aromatic heterocycles. The molecule has 0 atom stereocenters. The number of carbonyl (C=O) groups excluding carboxylic acids is 1. The van der Waals surface area contributed by atoms with Crippen molar-refractivity contribution < 1.29 is 22.7 Å². The number of ether oxygens (including phenoxy) is 1. The van der Waals surface area contributed by atoms with Crippen molar-refractivity contribution in [2.45, 2.75) is 39.0 Å². The first kappa shape index (κ1) is 26.5. The number of rotatable bonds is 9. The van der Waals surface area contributed by atoms with Crippen molar-refractivity contribution in [3.05, 3.63) is 29.6 Å². The second-order valence-corrected chi connectivity index (χ2v) is 7.20. The number of amides is 1. The normalized spacial score (nSPS) is 15.4. The average Bonchev–Trinajstić information content (AvgIpc) is 3.18. The van der Waals surface area contributed by atoms with Crippen LogP contribution in [0.3, 0.4) is 0 Å². The van der Waals surface area contributed by atoms with Crippen molar-refractivity contribution in [3.63, 3.8) is 0 Å². The SMILES string of the molecule is CCOCCC1(CNC(=NC)NCC(=O)Nc2ccc(F)c(F)c2F)CCCC1.I. The molecule has 170 valence electrons. The van der Waals surface area contributed by atoms with Crippen molar-refractivity contribution in [1.82, 2.24) is 10.6 Å². The lowest BCUT2D eigenvalue weighted by Crippen LogP contribution is -2.45. The lowest BCUT2D eigenvalue weighted by atomic mass is 9.83. The number of hydrogen-bond donors (Lipinski definition) is 3. The van der Waals surface area contributed by atoms with E-state index < -0.39 is 29.0 Å². The van der Waals surface area contributed by atoms with Crippen LogP contribution in [0.2, 0.25) is 0 Å². The quantitative estimate of drug-likeness (QED) is 0.146. The van der Waals surface area contributed by atoms with Gasteiger partial charge in [0, 0.05) is 26.8 Å². The van der Waals surface area contributed by atoms with Crippen LogP contribution in [0, 0.1) is 22.9 Å². The first-order valence-electron chi connectivity index (χ1n) is 9.86. The maximum atomic E-state index is 13.7. The minimum absolute atomic E-state index is 0. The summed E-state index contributed by atoms with van der Waals surface area (Å²) in [6.45, 7) is 3.89. The summed E-state index contributed by atoms with van der Waals surface area (Å²) in [6, 6.07) is 1.73. The largest absolute Gasteiger partial charge is 0.382 e. The molecule has 3 N–H and O–H groups in total. The smallest absolute Gasteiger partial charge is 0.243 e. The summed E-state index contributed by atoms with van der Waals surface area (Å²) in [7, 11) is 1.59. The Kier molecular flexibility index (Phi) is 11.5. The van der Waals surface area contributed by atoms with E-state index in [9.17, 15) is 18.0 Å². The molecular weight excluding hydrogens is 512 g/mol. The molecule has 1 aliphatic carbocycles. The summed E-state index contributed by atoms with van der Waals surface area (Å²) in [4.78, 5) is 16.1. The van der Waals surface area contributed by atoms with Crippen LogP contribution in [0.1, 0.15) is 39.0 Å². The van der Waals surface area contributed by atoms with Crippen molar-refractivity contribution in [3.8, 4) is 0 Å². The van der Waals surface area contributed by atoms with Gasteiger partial charge in [-0.3, -0.25) is 9.79 Å². The molecule has 2 rings (SSSR count). The Morgan fingerprint density at radius 2 is 1.87 bits per heavy atom. The van der Waals surface area contributed by atoms with E-state index in [1.165, 1.54) is 12.8 Å². The topological polar surface area (TPSA) is 74.8 Å². The van der Waals surface area contributed by atoms with Gasteiger partial charge in [0.05, 0.1) is 12.2 Å². The zero-order valence-corrected chi connectivity index (χ0v) is 19.7. The molecular formula is C20H30F3IN4O2. The number of nitrogens with zero attached hydrogens (tertiary/aromatic N) is 1. The first-order valence-corrected chi connectivity index (χ1v) is 9.86. The zero-order valence-electron chi connectivity index (χ0n) is 17.3. The Labute approximate surface area is 192 Å². The Hall–Kier alpha value is -1.56. The second-order valence-electron chi connectivity index (χ2n) is 7.20. The molecule has 0 radical (unpaired) electrons. The minimum atomic E-state index is -1.62. The molecule has 1 aromatic carbocycles. The highest BCUT2D eigenvalue weighted by Crippen LogP contribution is 2.40. The first-order chi connectivity index (χ1) is 13.9. The van der Waals surface area contributed by atoms with Crippen LogP contribution >= 0.6 is 24.0 Å². The summed E-state index contributed by atoms with van der Waals surface area (Å²) in [6.07, 6.45) is 5.55. The van der Waals surface area contributed by atoms with Crippen LogP contribution in [0.4, 0.5) is 18.9 Å². The van der Waals surface area contributed by atoms with E-state index in [4.69, 9.17) is 4.74 Å². The van der Waals surface area contributed by atoms with Gasteiger partial charge < -0.3 is 20.7 Å². The number of anilines is 1. The van der Waals surface area contributed by atoms with Crippen molar-refractivity contribution in [1.29, 1.82) is 0 Å². The molecule has 1 amide bonds. The fraction of sp³-hybridized carbons (Fsp3) is 0.600. The van der Waals surface area contributed by atoms with Gasteiger partial charge in [-0.15, -0.1) is 24.0 Å². The third-order valence-corrected chi connectivity index (χ3v) is 5.23. The van der Waals surface area contributed by atoms with Gasteiger partial charge in [0.25, 0.3) is 0 Å². The highest BCUT2D eigenvalue weighted by Gasteiger charge is 2.33. The molecule has 1 aromatic rings. The standard InChI is InChI=1S/C20H29F3N4O2.HI/c1-3-29-11-10-20(8-4-5-9-20)13-26-19(24-2)25-12-16(28)27-15-7-6-14(21)17(22)18(15)23;/h6-7H,3-5,8-13H2,1-2H3,(H,27,28)(H2,24,25,26);1H. The molecule has 0 unspecified atom stereocenters.